The molecule has 0 bridgehead atoms. The molecule has 0 aromatic carbocycles. The Morgan fingerprint density at radius 3 is 2.75 bits per heavy atom. The molecule has 3 aromatic rings. The lowest BCUT2D eigenvalue weighted by molar-refractivity contribution is 0.353. The zero-order chi connectivity index (χ0) is 16.7. The molecule has 24 heavy (non-hydrogen) atoms. The molecule has 0 atom stereocenters. The van der Waals surface area contributed by atoms with E-state index >= 15 is 0 Å². The number of anilines is 1. The second-order valence-corrected chi connectivity index (χ2v) is 6.39. The van der Waals surface area contributed by atoms with E-state index < -0.39 is 0 Å². The smallest absolute Gasteiger partial charge is 0.262 e. The first-order chi connectivity index (χ1) is 11.6. The number of nitrogens with two attached hydrogens (primary N) is 1. The lowest BCUT2D eigenvalue weighted by Gasteiger charge is -2.25. The van der Waals surface area contributed by atoms with Gasteiger partial charge in [0.25, 0.3) is 5.56 Å². The molecule has 7 heteroatoms. The minimum Gasteiger partial charge on any atom is -0.368 e. The van der Waals surface area contributed by atoms with Crippen molar-refractivity contribution in [2.24, 2.45) is 0 Å². The van der Waals surface area contributed by atoms with Crippen molar-refractivity contribution in [3.05, 3.63) is 34.4 Å². The van der Waals surface area contributed by atoms with Crippen LogP contribution in [0.25, 0.3) is 22.3 Å². The molecule has 3 aromatic heterocycles. The number of H-pyrrole nitrogens is 1. The van der Waals surface area contributed by atoms with Crippen molar-refractivity contribution in [3.8, 4) is 11.3 Å². The summed E-state index contributed by atoms with van der Waals surface area (Å²) in [5.41, 5.74) is 8.42. The first-order valence-electron chi connectivity index (χ1n) is 8.34. The molecule has 0 spiro atoms. The van der Waals surface area contributed by atoms with Gasteiger partial charge in [0.2, 0.25) is 5.95 Å². The summed E-state index contributed by atoms with van der Waals surface area (Å²) in [7, 11) is 0. The highest BCUT2D eigenvalue weighted by atomic mass is 16.1. The van der Waals surface area contributed by atoms with Crippen LogP contribution in [0, 0.1) is 6.92 Å². The van der Waals surface area contributed by atoms with Crippen molar-refractivity contribution in [2.75, 3.05) is 5.73 Å². The van der Waals surface area contributed by atoms with E-state index in [1.54, 1.807) is 12.3 Å². The highest BCUT2D eigenvalue weighted by Gasteiger charge is 2.23. The Hall–Kier alpha value is -2.70. The van der Waals surface area contributed by atoms with Crippen LogP contribution < -0.4 is 11.3 Å². The highest BCUT2D eigenvalue weighted by Crippen LogP contribution is 2.31. The number of hydrogen-bond acceptors (Lipinski definition) is 5. The number of hydrogen-bond donors (Lipinski definition) is 2. The Morgan fingerprint density at radius 2 is 2.04 bits per heavy atom. The lowest BCUT2D eigenvalue weighted by Crippen LogP contribution is -2.29. The Balaban J connectivity index is 2.06. The first kappa shape index (κ1) is 14.9. The van der Waals surface area contributed by atoms with Crippen LogP contribution in [0.4, 0.5) is 5.95 Å². The average Bonchev–Trinajstić information content (AvgIpc) is 3.09. The summed E-state index contributed by atoms with van der Waals surface area (Å²) in [6, 6.07) is 3.80. The van der Waals surface area contributed by atoms with E-state index in [9.17, 15) is 4.79 Å². The van der Waals surface area contributed by atoms with Crippen molar-refractivity contribution in [1.82, 2.24) is 24.7 Å². The molecule has 3 heterocycles. The van der Waals surface area contributed by atoms with E-state index in [2.05, 4.69) is 20.2 Å². The van der Waals surface area contributed by atoms with Gasteiger partial charge in [0, 0.05) is 17.6 Å². The number of rotatable bonds is 2. The maximum atomic E-state index is 13.2. The van der Waals surface area contributed by atoms with Crippen molar-refractivity contribution in [1.29, 1.82) is 0 Å². The van der Waals surface area contributed by atoms with Gasteiger partial charge in [-0.15, -0.1) is 0 Å². The van der Waals surface area contributed by atoms with Gasteiger partial charge in [0.1, 0.15) is 5.65 Å². The molecule has 124 valence electrons. The Morgan fingerprint density at radius 1 is 1.25 bits per heavy atom. The summed E-state index contributed by atoms with van der Waals surface area (Å²) in [6.45, 7) is 1.89. The number of aromatic nitrogens is 5. The van der Waals surface area contributed by atoms with Crippen molar-refractivity contribution in [3.63, 3.8) is 0 Å². The monoisotopic (exact) mass is 324 g/mol. The molecule has 0 saturated heterocycles. The van der Waals surface area contributed by atoms with E-state index in [0.29, 0.717) is 16.9 Å². The quantitative estimate of drug-likeness (QED) is 0.754. The summed E-state index contributed by atoms with van der Waals surface area (Å²) in [4.78, 5) is 21.9. The molecule has 0 aliphatic heterocycles. The SMILES string of the molecule is Cc1nc(N)nc2c1cc(-c1cc[nH]n1)c(=O)n2C1CCCCC1. The second-order valence-electron chi connectivity index (χ2n) is 6.39. The van der Waals surface area contributed by atoms with Crippen molar-refractivity contribution >= 4 is 17.0 Å². The average molecular weight is 324 g/mol. The van der Waals surface area contributed by atoms with Gasteiger partial charge in [0.15, 0.2) is 0 Å². The van der Waals surface area contributed by atoms with Crippen LogP contribution in [-0.4, -0.2) is 24.7 Å². The van der Waals surface area contributed by atoms with Crippen molar-refractivity contribution < 1.29 is 0 Å². The number of fused-ring (bicyclic) bond motifs is 1. The van der Waals surface area contributed by atoms with Gasteiger partial charge in [-0.2, -0.15) is 10.1 Å². The predicted molar refractivity (Wildman–Crippen MR) is 92.7 cm³/mol. The molecular formula is C17H20N6O. The third kappa shape index (κ3) is 2.36. The molecule has 7 nitrogen and oxygen atoms in total. The van der Waals surface area contributed by atoms with Crippen LogP contribution in [0.5, 0.6) is 0 Å². The van der Waals surface area contributed by atoms with Crippen LogP contribution in [0.3, 0.4) is 0 Å². The van der Waals surface area contributed by atoms with E-state index in [-0.39, 0.29) is 17.5 Å². The maximum absolute atomic E-state index is 13.2. The fraction of sp³-hybridized carbons (Fsp3) is 0.412. The number of nitrogens with zero attached hydrogens (tertiary/aromatic N) is 4. The van der Waals surface area contributed by atoms with E-state index in [0.717, 1.165) is 36.8 Å². The summed E-state index contributed by atoms with van der Waals surface area (Å²) in [5, 5.41) is 7.81. The number of aryl methyl sites for hydroxylation is 1. The van der Waals surface area contributed by atoms with E-state index in [1.165, 1.54) is 6.42 Å². The lowest BCUT2D eigenvalue weighted by atomic mass is 9.94. The van der Waals surface area contributed by atoms with Gasteiger partial charge < -0.3 is 5.73 Å². The zero-order valence-electron chi connectivity index (χ0n) is 13.6. The molecule has 1 aliphatic rings. The predicted octanol–water partition coefficient (Wildman–Crippen LogP) is 2.58. The number of pyridine rings is 1. The maximum Gasteiger partial charge on any atom is 0.262 e. The molecule has 1 saturated carbocycles. The minimum absolute atomic E-state index is 0.0565. The summed E-state index contributed by atoms with van der Waals surface area (Å²) < 4.78 is 1.82. The van der Waals surface area contributed by atoms with Crippen molar-refractivity contribution in [2.45, 2.75) is 45.1 Å². The van der Waals surface area contributed by atoms with Crippen LogP contribution in [0.15, 0.2) is 23.1 Å². The molecule has 0 radical (unpaired) electrons. The summed E-state index contributed by atoms with van der Waals surface area (Å²) in [5.74, 6) is 0.205. The minimum atomic E-state index is -0.0565. The normalized spacial score (nSPS) is 15.9. The third-order valence-electron chi connectivity index (χ3n) is 4.82. The van der Waals surface area contributed by atoms with E-state index in [4.69, 9.17) is 5.73 Å². The number of nitrogen functional groups attached to an aromatic ring is 1. The molecule has 3 N–H and O–H groups in total. The molecule has 1 fully saturated rings. The molecular weight excluding hydrogens is 304 g/mol. The Bertz CT molecular complexity index is 938. The van der Waals surface area contributed by atoms with Crippen LogP contribution in [0.1, 0.15) is 43.8 Å². The van der Waals surface area contributed by atoms with Gasteiger partial charge in [-0.1, -0.05) is 19.3 Å². The van der Waals surface area contributed by atoms with Gasteiger partial charge >= 0.3 is 0 Å². The molecule has 0 amide bonds. The molecule has 0 unspecified atom stereocenters. The van der Waals surface area contributed by atoms with Crippen LogP contribution in [-0.2, 0) is 0 Å². The largest absolute Gasteiger partial charge is 0.368 e. The second kappa shape index (κ2) is 5.74. The summed E-state index contributed by atoms with van der Waals surface area (Å²) >= 11 is 0. The van der Waals surface area contributed by atoms with E-state index in [1.807, 2.05) is 17.6 Å². The number of nitrogens with one attached hydrogen (secondary N) is 1. The van der Waals surface area contributed by atoms with Gasteiger partial charge in [-0.3, -0.25) is 14.5 Å². The highest BCUT2D eigenvalue weighted by molar-refractivity contribution is 5.83. The fourth-order valence-corrected chi connectivity index (χ4v) is 3.64. The van der Waals surface area contributed by atoms with Gasteiger partial charge in [-0.25, -0.2) is 4.98 Å². The summed E-state index contributed by atoms with van der Waals surface area (Å²) in [6.07, 6.45) is 7.17. The molecule has 4 rings (SSSR count). The standard InChI is InChI=1S/C17H20N6O/c1-10-12-9-13(14-7-8-19-22-14)16(24)23(11-5-3-2-4-6-11)15(12)21-17(18)20-10/h7-9,11H,2-6H2,1H3,(H,19,22)(H2,18,20,21). The first-order valence-corrected chi connectivity index (χ1v) is 8.34. The zero-order valence-corrected chi connectivity index (χ0v) is 13.6. The Labute approximate surface area is 138 Å². The third-order valence-corrected chi connectivity index (χ3v) is 4.82. The topological polar surface area (TPSA) is 102 Å². The van der Waals surface area contributed by atoms with Gasteiger partial charge in [0.05, 0.1) is 17.0 Å². The van der Waals surface area contributed by atoms with Crippen LogP contribution in [0.2, 0.25) is 0 Å². The van der Waals surface area contributed by atoms with Crippen LogP contribution >= 0.6 is 0 Å². The fourth-order valence-electron chi connectivity index (χ4n) is 3.64. The number of aromatic amines is 1. The molecule has 1 aliphatic carbocycles. The Kier molecular flexibility index (Phi) is 3.55. The van der Waals surface area contributed by atoms with Gasteiger partial charge in [-0.05, 0) is 31.9 Å².